The van der Waals surface area contributed by atoms with Crippen molar-refractivity contribution in [2.24, 2.45) is 11.8 Å². The third-order valence-electron chi connectivity index (χ3n) is 7.92. The quantitative estimate of drug-likeness (QED) is 0.601. The minimum Gasteiger partial charge on any atom is -0.383 e. The molecule has 2 aliphatic heterocycles. The maximum Gasteiger partial charge on any atom is 0.0589 e. The molecule has 4 nitrogen and oxygen atoms in total. The molecule has 1 unspecified atom stereocenters. The van der Waals surface area contributed by atoms with Crippen LogP contribution in [0.3, 0.4) is 0 Å². The van der Waals surface area contributed by atoms with Crippen molar-refractivity contribution in [2.75, 3.05) is 66.1 Å². The first-order valence-electron chi connectivity index (χ1n) is 12.5. The highest BCUT2D eigenvalue weighted by molar-refractivity contribution is 5.20. The number of benzene rings is 1. The Labute approximate surface area is 184 Å². The Morgan fingerprint density at radius 1 is 0.833 bits per heavy atom. The van der Waals surface area contributed by atoms with E-state index in [4.69, 9.17) is 4.74 Å². The Morgan fingerprint density at radius 3 is 2.17 bits per heavy atom. The molecule has 3 fully saturated rings. The Morgan fingerprint density at radius 2 is 1.50 bits per heavy atom. The number of nitrogens with zero attached hydrogens (tertiary/aromatic N) is 3. The fraction of sp³-hybridized carbons (Fsp3) is 0.769. The van der Waals surface area contributed by atoms with E-state index in [-0.39, 0.29) is 0 Å². The Bertz CT molecular complexity index is 588. The molecule has 30 heavy (non-hydrogen) atoms. The monoisotopic (exact) mass is 413 g/mol. The van der Waals surface area contributed by atoms with Crippen molar-refractivity contribution in [3.8, 4) is 0 Å². The third-order valence-corrected chi connectivity index (χ3v) is 7.92. The number of ether oxygens (including phenoxy) is 1. The van der Waals surface area contributed by atoms with Gasteiger partial charge in [-0.15, -0.1) is 0 Å². The minimum absolute atomic E-state index is 0.530. The lowest BCUT2D eigenvalue weighted by atomic mass is 9.86. The normalized spacial score (nSPS) is 24.4. The van der Waals surface area contributed by atoms with E-state index in [1.54, 1.807) is 7.11 Å². The van der Waals surface area contributed by atoms with Crippen LogP contribution in [-0.2, 0) is 4.74 Å². The molecule has 2 heterocycles. The van der Waals surface area contributed by atoms with E-state index in [9.17, 15) is 0 Å². The molecular formula is C26H43N3O. The molecular weight excluding hydrogens is 370 g/mol. The summed E-state index contributed by atoms with van der Waals surface area (Å²) in [6.07, 6.45) is 10.3. The second-order valence-electron chi connectivity index (χ2n) is 9.93. The van der Waals surface area contributed by atoms with Crippen LogP contribution in [0.5, 0.6) is 0 Å². The molecule has 4 heteroatoms. The first-order chi connectivity index (χ1) is 14.8. The van der Waals surface area contributed by atoms with Gasteiger partial charge in [0, 0.05) is 52.4 Å². The highest BCUT2D eigenvalue weighted by atomic mass is 16.5. The number of piperazine rings is 1. The first kappa shape index (κ1) is 22.3. The fourth-order valence-corrected chi connectivity index (χ4v) is 5.99. The van der Waals surface area contributed by atoms with Gasteiger partial charge in [-0.1, -0.05) is 56.0 Å². The van der Waals surface area contributed by atoms with E-state index < -0.39 is 0 Å². The van der Waals surface area contributed by atoms with Crippen LogP contribution in [0.25, 0.3) is 0 Å². The van der Waals surface area contributed by atoms with Gasteiger partial charge in [0.15, 0.2) is 0 Å². The summed E-state index contributed by atoms with van der Waals surface area (Å²) in [5, 5.41) is 0. The second-order valence-corrected chi connectivity index (χ2v) is 9.93. The standard InChI is InChI=1S/C26H43N3O/c1-30-20-19-27-15-17-29(18-16-27)26(25-9-3-2-4-10-25)22-28-13-11-24(12-14-28)21-23-7-5-6-8-23/h2-4,9-10,23-24,26H,5-8,11-22H2,1H3. The van der Waals surface area contributed by atoms with E-state index >= 15 is 0 Å². The van der Waals surface area contributed by atoms with Crippen LogP contribution in [0, 0.1) is 11.8 Å². The molecule has 0 amide bonds. The second kappa shape index (κ2) is 11.6. The number of hydrogen-bond acceptors (Lipinski definition) is 4. The summed E-state index contributed by atoms with van der Waals surface area (Å²) in [7, 11) is 1.80. The van der Waals surface area contributed by atoms with Crippen LogP contribution in [0.1, 0.15) is 56.6 Å². The van der Waals surface area contributed by atoms with Gasteiger partial charge in [0.05, 0.1) is 6.61 Å². The molecule has 1 aromatic rings. The lowest BCUT2D eigenvalue weighted by Crippen LogP contribution is -2.51. The SMILES string of the molecule is COCCN1CCN(C(CN2CCC(CC3CCCC3)CC2)c2ccccc2)CC1. The van der Waals surface area contributed by atoms with Crippen molar-refractivity contribution in [1.82, 2.24) is 14.7 Å². The zero-order valence-electron chi connectivity index (χ0n) is 19.2. The van der Waals surface area contributed by atoms with Gasteiger partial charge in [-0.3, -0.25) is 9.80 Å². The van der Waals surface area contributed by atoms with Crippen LogP contribution in [-0.4, -0.2) is 80.8 Å². The van der Waals surface area contributed by atoms with Crippen LogP contribution < -0.4 is 0 Å². The number of rotatable bonds is 9. The predicted octanol–water partition coefficient (Wildman–Crippen LogP) is 4.28. The van der Waals surface area contributed by atoms with Crippen molar-refractivity contribution in [3.63, 3.8) is 0 Å². The zero-order valence-corrected chi connectivity index (χ0v) is 19.2. The molecule has 1 saturated carbocycles. The van der Waals surface area contributed by atoms with Gasteiger partial charge < -0.3 is 9.64 Å². The summed E-state index contributed by atoms with van der Waals surface area (Å²) in [5.41, 5.74) is 1.50. The van der Waals surface area contributed by atoms with Crippen molar-refractivity contribution in [2.45, 2.75) is 51.0 Å². The Hall–Kier alpha value is -0.940. The number of likely N-dealkylation sites (tertiary alicyclic amines) is 1. The lowest BCUT2D eigenvalue weighted by molar-refractivity contribution is 0.0526. The molecule has 0 N–H and O–H groups in total. The number of piperidine rings is 1. The molecule has 0 aromatic heterocycles. The van der Waals surface area contributed by atoms with Crippen molar-refractivity contribution in [3.05, 3.63) is 35.9 Å². The highest BCUT2D eigenvalue weighted by Crippen LogP contribution is 2.34. The van der Waals surface area contributed by atoms with Gasteiger partial charge >= 0.3 is 0 Å². The Kier molecular flexibility index (Phi) is 8.62. The molecule has 168 valence electrons. The topological polar surface area (TPSA) is 19.0 Å². The van der Waals surface area contributed by atoms with Gasteiger partial charge in [-0.05, 0) is 49.8 Å². The Balaban J connectivity index is 1.30. The van der Waals surface area contributed by atoms with Gasteiger partial charge in [0.25, 0.3) is 0 Å². The molecule has 1 aliphatic carbocycles. The summed E-state index contributed by atoms with van der Waals surface area (Å²) in [6, 6.07) is 11.8. The number of hydrogen-bond donors (Lipinski definition) is 0. The van der Waals surface area contributed by atoms with Crippen molar-refractivity contribution in [1.29, 1.82) is 0 Å². The molecule has 4 rings (SSSR count). The molecule has 0 radical (unpaired) electrons. The molecule has 1 aromatic carbocycles. The smallest absolute Gasteiger partial charge is 0.0589 e. The highest BCUT2D eigenvalue weighted by Gasteiger charge is 2.29. The number of methoxy groups -OCH3 is 1. The molecule has 3 aliphatic rings. The van der Waals surface area contributed by atoms with Crippen LogP contribution in [0.2, 0.25) is 0 Å². The average molecular weight is 414 g/mol. The van der Waals surface area contributed by atoms with Crippen LogP contribution >= 0.6 is 0 Å². The van der Waals surface area contributed by atoms with Gasteiger partial charge in [0.2, 0.25) is 0 Å². The molecule has 1 atom stereocenters. The van der Waals surface area contributed by atoms with Gasteiger partial charge in [0.1, 0.15) is 0 Å². The van der Waals surface area contributed by atoms with Crippen molar-refractivity contribution >= 4 is 0 Å². The zero-order chi connectivity index (χ0) is 20.6. The average Bonchev–Trinajstić information content (AvgIpc) is 3.31. The summed E-state index contributed by atoms with van der Waals surface area (Å²) < 4.78 is 5.28. The third kappa shape index (κ3) is 6.29. The van der Waals surface area contributed by atoms with E-state index in [0.717, 1.165) is 38.1 Å². The van der Waals surface area contributed by atoms with Crippen LogP contribution in [0.15, 0.2) is 30.3 Å². The van der Waals surface area contributed by atoms with E-state index in [1.165, 1.54) is 83.2 Å². The summed E-state index contributed by atoms with van der Waals surface area (Å²) in [4.78, 5) is 8.06. The van der Waals surface area contributed by atoms with Gasteiger partial charge in [-0.25, -0.2) is 0 Å². The fourth-order valence-electron chi connectivity index (χ4n) is 5.99. The van der Waals surface area contributed by atoms with E-state index in [0.29, 0.717) is 6.04 Å². The molecule has 0 spiro atoms. The maximum atomic E-state index is 5.28. The lowest BCUT2D eigenvalue weighted by Gasteiger charge is -2.42. The predicted molar refractivity (Wildman–Crippen MR) is 125 cm³/mol. The minimum atomic E-state index is 0.530. The summed E-state index contributed by atoms with van der Waals surface area (Å²) >= 11 is 0. The van der Waals surface area contributed by atoms with Crippen LogP contribution in [0.4, 0.5) is 0 Å². The molecule has 2 saturated heterocycles. The summed E-state index contributed by atoms with van der Waals surface area (Å²) in [5.74, 6) is 2.04. The van der Waals surface area contributed by atoms with Crippen molar-refractivity contribution < 1.29 is 4.74 Å². The van der Waals surface area contributed by atoms with E-state index in [2.05, 4.69) is 45.0 Å². The molecule has 0 bridgehead atoms. The largest absolute Gasteiger partial charge is 0.383 e. The maximum absolute atomic E-state index is 5.28. The summed E-state index contributed by atoms with van der Waals surface area (Å²) in [6.45, 7) is 10.4. The van der Waals surface area contributed by atoms with E-state index in [1.807, 2.05) is 0 Å². The first-order valence-corrected chi connectivity index (χ1v) is 12.5. The van der Waals surface area contributed by atoms with Gasteiger partial charge in [-0.2, -0.15) is 0 Å².